The molecule has 102 valence electrons. The fraction of sp³-hybridized carbons (Fsp3) is 0.0667. The molecule has 0 aliphatic heterocycles. The van der Waals surface area contributed by atoms with Crippen molar-refractivity contribution in [1.29, 1.82) is 0 Å². The number of carbonyl (C=O) groups excluding carboxylic acids is 2. The molecule has 2 aromatic carbocycles. The highest BCUT2D eigenvalue weighted by Crippen LogP contribution is 2.28. The minimum Gasteiger partial charge on any atom is -0.506 e. The molecular formula is C15H13NO4. The second-order valence-corrected chi connectivity index (χ2v) is 4.12. The zero-order valence-corrected chi connectivity index (χ0v) is 10.8. The summed E-state index contributed by atoms with van der Waals surface area (Å²) in [6.07, 6.45) is 0. The number of phenolic OH excluding ortho intramolecular Hbond substituents is 1. The van der Waals surface area contributed by atoms with Crippen molar-refractivity contribution in [2.24, 2.45) is 0 Å². The maximum Gasteiger partial charge on any atom is 0.343 e. The lowest BCUT2D eigenvalue weighted by Gasteiger charge is -2.08. The van der Waals surface area contributed by atoms with Crippen LogP contribution in [0.25, 0.3) is 0 Å². The lowest BCUT2D eigenvalue weighted by atomic mass is 10.2. The molecule has 0 unspecified atom stereocenters. The number of phenols is 1. The van der Waals surface area contributed by atoms with E-state index in [1.165, 1.54) is 25.1 Å². The number of carbonyl (C=O) groups is 2. The molecule has 0 saturated carbocycles. The van der Waals surface area contributed by atoms with Gasteiger partial charge in [0.25, 0.3) is 0 Å². The second kappa shape index (κ2) is 5.88. The van der Waals surface area contributed by atoms with Gasteiger partial charge in [-0.15, -0.1) is 0 Å². The summed E-state index contributed by atoms with van der Waals surface area (Å²) in [5, 5.41) is 12.2. The van der Waals surface area contributed by atoms with Gasteiger partial charge in [0.15, 0.2) is 0 Å². The van der Waals surface area contributed by atoms with Crippen LogP contribution in [0.3, 0.4) is 0 Å². The zero-order chi connectivity index (χ0) is 14.5. The van der Waals surface area contributed by atoms with Crippen LogP contribution >= 0.6 is 0 Å². The Bertz CT molecular complexity index is 638. The van der Waals surface area contributed by atoms with Crippen LogP contribution in [0.1, 0.15) is 17.3 Å². The normalized spacial score (nSPS) is 9.85. The molecule has 0 aromatic heterocycles. The summed E-state index contributed by atoms with van der Waals surface area (Å²) in [5.41, 5.74) is 0.676. The van der Waals surface area contributed by atoms with Crippen molar-refractivity contribution in [1.82, 2.24) is 0 Å². The number of aromatic hydroxyl groups is 1. The fourth-order valence-electron chi connectivity index (χ4n) is 1.61. The van der Waals surface area contributed by atoms with Crippen molar-refractivity contribution < 1.29 is 19.4 Å². The Morgan fingerprint density at radius 3 is 2.40 bits per heavy atom. The summed E-state index contributed by atoms with van der Waals surface area (Å²) < 4.78 is 5.13. The molecule has 0 saturated heterocycles. The van der Waals surface area contributed by atoms with Gasteiger partial charge in [0.2, 0.25) is 5.91 Å². The predicted molar refractivity (Wildman–Crippen MR) is 73.8 cm³/mol. The Labute approximate surface area is 115 Å². The van der Waals surface area contributed by atoms with E-state index < -0.39 is 5.97 Å². The minimum absolute atomic E-state index is 0.168. The van der Waals surface area contributed by atoms with Crippen molar-refractivity contribution >= 4 is 17.6 Å². The van der Waals surface area contributed by atoms with E-state index in [1.807, 2.05) is 0 Å². The van der Waals surface area contributed by atoms with E-state index >= 15 is 0 Å². The Kier molecular flexibility index (Phi) is 4.00. The van der Waals surface area contributed by atoms with Crippen LogP contribution < -0.4 is 10.1 Å². The molecule has 5 heteroatoms. The van der Waals surface area contributed by atoms with Crippen LogP contribution in [0, 0.1) is 0 Å². The third kappa shape index (κ3) is 3.35. The lowest BCUT2D eigenvalue weighted by molar-refractivity contribution is -0.114. The van der Waals surface area contributed by atoms with Crippen LogP contribution in [-0.4, -0.2) is 17.0 Å². The fourth-order valence-corrected chi connectivity index (χ4v) is 1.61. The first kappa shape index (κ1) is 13.6. The lowest BCUT2D eigenvalue weighted by Crippen LogP contribution is -2.09. The van der Waals surface area contributed by atoms with Gasteiger partial charge in [-0.25, -0.2) is 4.79 Å². The number of nitrogens with one attached hydrogen (secondary N) is 1. The molecule has 0 heterocycles. The summed E-state index contributed by atoms with van der Waals surface area (Å²) in [6.45, 7) is 1.34. The molecule has 0 fully saturated rings. The average molecular weight is 271 g/mol. The van der Waals surface area contributed by atoms with Crippen molar-refractivity contribution in [3.8, 4) is 11.5 Å². The largest absolute Gasteiger partial charge is 0.506 e. The number of hydrogen-bond donors (Lipinski definition) is 2. The maximum atomic E-state index is 11.8. The number of hydrogen-bond acceptors (Lipinski definition) is 4. The van der Waals surface area contributed by atoms with Crippen LogP contribution in [0.5, 0.6) is 11.5 Å². The molecule has 0 aliphatic carbocycles. The van der Waals surface area contributed by atoms with Crippen LogP contribution in [0.4, 0.5) is 5.69 Å². The second-order valence-electron chi connectivity index (χ2n) is 4.12. The predicted octanol–water partition coefficient (Wildman–Crippen LogP) is 2.57. The number of benzene rings is 2. The van der Waals surface area contributed by atoms with Crippen LogP contribution in [0.15, 0.2) is 48.5 Å². The van der Waals surface area contributed by atoms with Gasteiger partial charge < -0.3 is 15.2 Å². The summed E-state index contributed by atoms with van der Waals surface area (Å²) >= 11 is 0. The van der Waals surface area contributed by atoms with Crippen LogP contribution in [-0.2, 0) is 4.79 Å². The van der Waals surface area contributed by atoms with Gasteiger partial charge in [-0.1, -0.05) is 18.2 Å². The van der Waals surface area contributed by atoms with Gasteiger partial charge in [-0.05, 0) is 24.3 Å². The molecule has 0 atom stereocenters. The van der Waals surface area contributed by atoms with Crippen molar-refractivity contribution in [2.75, 3.05) is 5.32 Å². The molecule has 0 radical (unpaired) electrons. The number of amides is 1. The molecule has 0 aliphatic rings. The number of esters is 1. The first-order valence-corrected chi connectivity index (χ1v) is 5.94. The molecule has 5 nitrogen and oxygen atoms in total. The van der Waals surface area contributed by atoms with Gasteiger partial charge in [-0.3, -0.25) is 4.79 Å². The molecule has 0 bridgehead atoms. The number of rotatable bonds is 3. The molecule has 1 amide bonds. The van der Waals surface area contributed by atoms with Gasteiger partial charge in [0.1, 0.15) is 11.5 Å². The third-order valence-electron chi connectivity index (χ3n) is 2.50. The van der Waals surface area contributed by atoms with E-state index in [1.54, 1.807) is 30.3 Å². The maximum absolute atomic E-state index is 11.8. The topological polar surface area (TPSA) is 75.6 Å². The molecule has 2 N–H and O–H groups in total. The summed E-state index contributed by atoms with van der Waals surface area (Å²) in [5.74, 6) is -0.782. The Morgan fingerprint density at radius 1 is 1.10 bits per heavy atom. The molecule has 2 rings (SSSR count). The summed E-state index contributed by atoms with van der Waals surface area (Å²) in [7, 11) is 0. The Hall–Kier alpha value is -2.82. The zero-order valence-electron chi connectivity index (χ0n) is 10.8. The highest BCUT2D eigenvalue weighted by atomic mass is 16.5. The van der Waals surface area contributed by atoms with E-state index in [9.17, 15) is 14.7 Å². The van der Waals surface area contributed by atoms with Crippen molar-refractivity contribution in [2.45, 2.75) is 6.92 Å². The number of ether oxygens (including phenoxy) is 1. The van der Waals surface area contributed by atoms with E-state index in [-0.39, 0.29) is 23.1 Å². The van der Waals surface area contributed by atoms with Crippen molar-refractivity contribution in [3.63, 3.8) is 0 Å². The van der Waals surface area contributed by atoms with Gasteiger partial charge >= 0.3 is 5.97 Å². The van der Waals surface area contributed by atoms with E-state index in [2.05, 4.69) is 5.32 Å². The molecular weight excluding hydrogens is 258 g/mol. The van der Waals surface area contributed by atoms with Gasteiger partial charge in [0, 0.05) is 13.0 Å². The molecule has 2 aromatic rings. The quantitative estimate of drug-likeness (QED) is 0.511. The summed E-state index contributed by atoms with van der Waals surface area (Å²) in [6, 6.07) is 12.7. The first-order chi connectivity index (χ1) is 9.56. The summed E-state index contributed by atoms with van der Waals surface area (Å²) in [4.78, 5) is 22.7. The molecule has 20 heavy (non-hydrogen) atoms. The Morgan fingerprint density at radius 2 is 1.80 bits per heavy atom. The van der Waals surface area contributed by atoms with E-state index in [0.29, 0.717) is 5.56 Å². The first-order valence-electron chi connectivity index (χ1n) is 5.94. The third-order valence-corrected chi connectivity index (χ3v) is 2.50. The SMILES string of the molecule is CC(=O)Nc1ccc(OC(=O)c2ccccc2)cc1O. The van der Waals surface area contributed by atoms with Gasteiger partial charge in [0.05, 0.1) is 11.3 Å². The minimum atomic E-state index is -0.516. The number of anilines is 1. The van der Waals surface area contributed by atoms with E-state index in [0.717, 1.165) is 0 Å². The van der Waals surface area contributed by atoms with Crippen LogP contribution in [0.2, 0.25) is 0 Å². The standard InChI is InChI=1S/C15H13NO4/c1-10(17)16-13-8-7-12(9-14(13)18)20-15(19)11-5-3-2-4-6-11/h2-9,18H,1H3,(H,16,17). The van der Waals surface area contributed by atoms with Gasteiger partial charge in [-0.2, -0.15) is 0 Å². The highest BCUT2D eigenvalue weighted by molar-refractivity contribution is 5.92. The smallest absolute Gasteiger partial charge is 0.343 e. The Balaban J connectivity index is 2.13. The van der Waals surface area contributed by atoms with E-state index in [4.69, 9.17) is 4.74 Å². The highest BCUT2D eigenvalue weighted by Gasteiger charge is 2.10. The van der Waals surface area contributed by atoms with Crippen molar-refractivity contribution in [3.05, 3.63) is 54.1 Å². The molecule has 0 spiro atoms. The average Bonchev–Trinajstić information content (AvgIpc) is 2.42. The monoisotopic (exact) mass is 271 g/mol.